The molecule has 1 saturated heterocycles. The average molecular weight is 220 g/mol. The third-order valence-corrected chi connectivity index (χ3v) is 4.38. The molecule has 0 nitrogen and oxygen atoms in total. The molecule has 0 saturated carbocycles. The molecule has 1 heterocycles. The van der Waals surface area contributed by atoms with Crippen LogP contribution in [0.5, 0.6) is 0 Å². The van der Waals surface area contributed by atoms with E-state index in [1.54, 1.807) is 11.1 Å². The predicted molar refractivity (Wildman–Crippen MR) is 70.2 cm³/mol. The van der Waals surface area contributed by atoms with Gasteiger partial charge < -0.3 is 0 Å². The standard InChI is InChI=1S/C14H20S/c1-4-11-9-15-10-12-8-14(2,3)7-5-6-13(11)12/h5-8,11H,4,9-10H2,1-3H3. The first kappa shape index (κ1) is 11.1. The van der Waals surface area contributed by atoms with Gasteiger partial charge in [0.2, 0.25) is 0 Å². The summed E-state index contributed by atoms with van der Waals surface area (Å²) in [5.41, 5.74) is 3.40. The Labute approximate surface area is 97.5 Å². The lowest BCUT2D eigenvalue weighted by Crippen LogP contribution is -2.17. The molecular weight excluding hydrogens is 200 g/mol. The van der Waals surface area contributed by atoms with Gasteiger partial charge in [0.15, 0.2) is 0 Å². The smallest absolute Gasteiger partial charge is 0.0184 e. The minimum absolute atomic E-state index is 0.226. The lowest BCUT2D eigenvalue weighted by Gasteiger charge is -2.27. The molecule has 1 atom stereocenters. The second kappa shape index (κ2) is 4.21. The van der Waals surface area contributed by atoms with Gasteiger partial charge in [-0.3, -0.25) is 0 Å². The fourth-order valence-corrected chi connectivity index (χ4v) is 3.64. The zero-order valence-corrected chi connectivity index (χ0v) is 10.7. The molecule has 0 spiro atoms. The number of hydrogen-bond donors (Lipinski definition) is 0. The van der Waals surface area contributed by atoms with Crippen LogP contribution in [-0.4, -0.2) is 11.5 Å². The van der Waals surface area contributed by atoms with E-state index in [-0.39, 0.29) is 5.41 Å². The van der Waals surface area contributed by atoms with Crippen LogP contribution in [0.3, 0.4) is 0 Å². The van der Waals surface area contributed by atoms with Crippen molar-refractivity contribution in [1.29, 1.82) is 0 Å². The molecule has 1 aliphatic carbocycles. The Kier molecular flexibility index (Phi) is 3.11. The van der Waals surface area contributed by atoms with Crippen molar-refractivity contribution in [3.63, 3.8) is 0 Å². The van der Waals surface area contributed by atoms with Crippen LogP contribution in [0.2, 0.25) is 0 Å². The highest BCUT2D eigenvalue weighted by Crippen LogP contribution is 2.38. The summed E-state index contributed by atoms with van der Waals surface area (Å²) in [5.74, 6) is 3.27. The van der Waals surface area contributed by atoms with Crippen molar-refractivity contribution in [2.24, 2.45) is 11.3 Å². The second-order valence-corrected chi connectivity index (χ2v) is 6.12. The Hall–Kier alpha value is -0.430. The lowest BCUT2D eigenvalue weighted by atomic mass is 9.87. The molecular formula is C14H20S. The van der Waals surface area contributed by atoms with Crippen molar-refractivity contribution in [3.8, 4) is 0 Å². The van der Waals surface area contributed by atoms with E-state index in [2.05, 4.69) is 56.8 Å². The summed E-state index contributed by atoms with van der Waals surface area (Å²) < 4.78 is 0. The van der Waals surface area contributed by atoms with Crippen LogP contribution < -0.4 is 0 Å². The Bertz CT molecular complexity index is 331. The van der Waals surface area contributed by atoms with Gasteiger partial charge in [0.1, 0.15) is 0 Å². The maximum atomic E-state index is 2.46. The monoisotopic (exact) mass is 220 g/mol. The van der Waals surface area contributed by atoms with Gasteiger partial charge in [-0.2, -0.15) is 11.8 Å². The Balaban J connectivity index is 2.35. The van der Waals surface area contributed by atoms with E-state index < -0.39 is 0 Å². The van der Waals surface area contributed by atoms with Gasteiger partial charge in [-0.15, -0.1) is 0 Å². The topological polar surface area (TPSA) is 0 Å². The van der Waals surface area contributed by atoms with Crippen molar-refractivity contribution in [2.45, 2.75) is 27.2 Å². The molecule has 1 aliphatic heterocycles. The highest BCUT2D eigenvalue weighted by atomic mass is 32.2. The molecule has 1 unspecified atom stereocenters. The average Bonchev–Trinajstić information content (AvgIpc) is 2.33. The molecule has 1 heteroatoms. The summed E-state index contributed by atoms with van der Waals surface area (Å²) >= 11 is 2.09. The molecule has 1 fully saturated rings. The zero-order valence-electron chi connectivity index (χ0n) is 9.92. The SMILES string of the molecule is CCC1CSCC2=CC(C)(C)C=CC=C21. The Morgan fingerprint density at radius 1 is 1.47 bits per heavy atom. The summed E-state index contributed by atoms with van der Waals surface area (Å²) in [7, 11) is 0. The maximum absolute atomic E-state index is 2.46. The first-order chi connectivity index (χ1) is 7.12. The molecule has 0 aromatic rings. The van der Waals surface area contributed by atoms with Gasteiger partial charge in [0.05, 0.1) is 0 Å². The molecule has 15 heavy (non-hydrogen) atoms. The van der Waals surface area contributed by atoms with Crippen LogP contribution in [0.25, 0.3) is 0 Å². The number of allylic oxidation sites excluding steroid dienone is 5. The summed E-state index contributed by atoms with van der Waals surface area (Å²) in [6, 6.07) is 0. The van der Waals surface area contributed by atoms with Gasteiger partial charge in [0.25, 0.3) is 0 Å². The number of fused-ring (bicyclic) bond motifs is 1. The molecule has 2 rings (SSSR count). The minimum atomic E-state index is 0.226. The molecule has 0 amide bonds. The Morgan fingerprint density at radius 3 is 3.00 bits per heavy atom. The van der Waals surface area contributed by atoms with Crippen molar-refractivity contribution in [1.82, 2.24) is 0 Å². The fraction of sp³-hybridized carbons (Fsp3) is 0.571. The zero-order chi connectivity index (χ0) is 10.9. The summed E-state index contributed by atoms with van der Waals surface area (Å²) in [4.78, 5) is 0. The summed E-state index contributed by atoms with van der Waals surface area (Å²) in [6.45, 7) is 6.87. The third kappa shape index (κ3) is 2.39. The molecule has 0 radical (unpaired) electrons. The molecule has 0 N–H and O–H groups in total. The van der Waals surface area contributed by atoms with Crippen LogP contribution in [0.15, 0.2) is 35.5 Å². The van der Waals surface area contributed by atoms with Crippen LogP contribution >= 0.6 is 11.8 Å². The summed E-state index contributed by atoms with van der Waals surface area (Å²) in [6.07, 6.45) is 10.6. The van der Waals surface area contributed by atoms with Gasteiger partial charge in [-0.1, -0.05) is 45.1 Å². The van der Waals surface area contributed by atoms with Gasteiger partial charge >= 0.3 is 0 Å². The van der Waals surface area contributed by atoms with Crippen LogP contribution in [-0.2, 0) is 0 Å². The first-order valence-electron chi connectivity index (χ1n) is 5.81. The number of rotatable bonds is 1. The van der Waals surface area contributed by atoms with Gasteiger partial charge in [-0.25, -0.2) is 0 Å². The highest BCUT2D eigenvalue weighted by molar-refractivity contribution is 7.99. The van der Waals surface area contributed by atoms with E-state index in [1.165, 1.54) is 17.9 Å². The van der Waals surface area contributed by atoms with Crippen LogP contribution in [0.1, 0.15) is 27.2 Å². The first-order valence-corrected chi connectivity index (χ1v) is 6.97. The van der Waals surface area contributed by atoms with Crippen molar-refractivity contribution >= 4 is 11.8 Å². The van der Waals surface area contributed by atoms with E-state index >= 15 is 0 Å². The van der Waals surface area contributed by atoms with E-state index in [1.807, 2.05) is 0 Å². The predicted octanol–water partition coefficient (Wildman–Crippen LogP) is 4.21. The molecule has 0 aromatic carbocycles. The van der Waals surface area contributed by atoms with E-state index in [4.69, 9.17) is 0 Å². The largest absolute Gasteiger partial charge is 0.157 e. The van der Waals surface area contributed by atoms with Crippen molar-refractivity contribution in [2.75, 3.05) is 11.5 Å². The van der Waals surface area contributed by atoms with E-state index in [9.17, 15) is 0 Å². The molecule has 0 aromatic heterocycles. The fourth-order valence-electron chi connectivity index (χ4n) is 2.35. The van der Waals surface area contributed by atoms with E-state index in [0.717, 1.165) is 5.92 Å². The third-order valence-electron chi connectivity index (χ3n) is 3.23. The van der Waals surface area contributed by atoms with Gasteiger partial charge in [-0.05, 0) is 23.5 Å². The summed E-state index contributed by atoms with van der Waals surface area (Å²) in [5, 5.41) is 0. The van der Waals surface area contributed by atoms with Crippen molar-refractivity contribution < 1.29 is 0 Å². The Morgan fingerprint density at radius 2 is 2.27 bits per heavy atom. The second-order valence-electron chi connectivity index (χ2n) is 5.09. The number of thioether (sulfide) groups is 1. The van der Waals surface area contributed by atoms with Crippen LogP contribution in [0, 0.1) is 11.3 Å². The highest BCUT2D eigenvalue weighted by Gasteiger charge is 2.24. The van der Waals surface area contributed by atoms with Crippen LogP contribution in [0.4, 0.5) is 0 Å². The lowest BCUT2D eigenvalue weighted by molar-refractivity contribution is 0.616. The van der Waals surface area contributed by atoms with Gasteiger partial charge in [0, 0.05) is 16.9 Å². The minimum Gasteiger partial charge on any atom is -0.157 e. The molecule has 2 aliphatic rings. The molecule has 82 valence electrons. The number of hydrogen-bond acceptors (Lipinski definition) is 1. The maximum Gasteiger partial charge on any atom is 0.0184 e. The normalized spacial score (nSPS) is 28.9. The van der Waals surface area contributed by atoms with Crippen molar-refractivity contribution in [3.05, 3.63) is 35.5 Å². The molecule has 0 bridgehead atoms. The quantitative estimate of drug-likeness (QED) is 0.638. The van der Waals surface area contributed by atoms with E-state index in [0.29, 0.717) is 0 Å².